The minimum atomic E-state index is 0.104. The lowest BCUT2D eigenvalue weighted by Crippen LogP contribution is -2.40. The smallest absolute Gasteiger partial charge is 0.222 e. The van der Waals surface area contributed by atoms with Gasteiger partial charge < -0.3 is 10.2 Å². The molecule has 5 rings (SSSR count). The zero-order valence-corrected chi connectivity index (χ0v) is 18.8. The number of thiophene rings is 1. The number of hydrogen-bond acceptors (Lipinski definition) is 5. The van der Waals surface area contributed by atoms with E-state index in [1.807, 2.05) is 35.6 Å². The average molecular weight is 433 g/mol. The lowest BCUT2D eigenvalue weighted by molar-refractivity contribution is -0.125. The van der Waals surface area contributed by atoms with Crippen molar-refractivity contribution in [2.24, 2.45) is 5.92 Å². The van der Waals surface area contributed by atoms with E-state index in [0.29, 0.717) is 0 Å². The van der Waals surface area contributed by atoms with Crippen LogP contribution in [0.15, 0.2) is 30.3 Å². The Balaban J connectivity index is 1.52. The van der Waals surface area contributed by atoms with Crippen molar-refractivity contribution < 1.29 is 4.79 Å². The number of benzene rings is 1. The first-order valence-corrected chi connectivity index (χ1v) is 12.1. The van der Waals surface area contributed by atoms with Crippen LogP contribution in [-0.2, 0) is 17.6 Å². The van der Waals surface area contributed by atoms with E-state index in [1.54, 1.807) is 7.05 Å². The quantitative estimate of drug-likeness (QED) is 0.649. The van der Waals surface area contributed by atoms with Crippen LogP contribution in [0, 0.1) is 5.92 Å². The SMILES string of the molecule is CNC(=O)C1CCN(c2nc(/C=C/c3ccccc3)nc3sc4c(c23)CCCC4)CC1. The van der Waals surface area contributed by atoms with Gasteiger partial charge in [0, 0.05) is 30.9 Å². The van der Waals surface area contributed by atoms with Gasteiger partial charge in [-0.3, -0.25) is 4.79 Å². The van der Waals surface area contributed by atoms with Gasteiger partial charge in [-0.05, 0) is 55.7 Å². The Bertz CT molecular complexity index is 1110. The molecule has 3 aromatic rings. The third-order valence-electron chi connectivity index (χ3n) is 6.45. The van der Waals surface area contributed by atoms with E-state index >= 15 is 0 Å². The number of aromatic nitrogens is 2. The Morgan fingerprint density at radius 2 is 1.87 bits per heavy atom. The molecule has 0 radical (unpaired) electrons. The fraction of sp³-hybridized carbons (Fsp3) is 0.400. The van der Waals surface area contributed by atoms with Crippen LogP contribution in [-0.4, -0.2) is 36.0 Å². The summed E-state index contributed by atoms with van der Waals surface area (Å²) in [6.45, 7) is 1.72. The van der Waals surface area contributed by atoms with Crippen molar-refractivity contribution >= 4 is 45.4 Å². The highest BCUT2D eigenvalue weighted by Crippen LogP contribution is 2.40. The van der Waals surface area contributed by atoms with Crippen LogP contribution in [0.5, 0.6) is 0 Å². The molecule has 1 saturated heterocycles. The highest BCUT2D eigenvalue weighted by molar-refractivity contribution is 7.19. The maximum atomic E-state index is 12.1. The van der Waals surface area contributed by atoms with Gasteiger partial charge in [0.05, 0.1) is 5.39 Å². The molecule has 1 N–H and O–H groups in total. The molecule has 2 aliphatic rings. The van der Waals surface area contributed by atoms with Gasteiger partial charge in [0.15, 0.2) is 5.82 Å². The van der Waals surface area contributed by atoms with Gasteiger partial charge >= 0.3 is 0 Å². The standard InChI is InChI=1S/C25H28N4OS/c1-26-24(30)18-13-15-29(16-14-18)23-22-19-9-5-6-10-20(19)31-25(22)28-21(27-23)12-11-17-7-3-2-4-8-17/h2-4,7-8,11-12,18H,5-6,9-10,13-16H2,1H3,(H,26,30)/b12-11+. The van der Waals surface area contributed by atoms with Gasteiger partial charge in [-0.15, -0.1) is 11.3 Å². The fourth-order valence-electron chi connectivity index (χ4n) is 4.75. The van der Waals surface area contributed by atoms with Crippen molar-refractivity contribution in [2.75, 3.05) is 25.0 Å². The number of nitrogens with one attached hydrogen (secondary N) is 1. The topological polar surface area (TPSA) is 58.1 Å². The summed E-state index contributed by atoms with van der Waals surface area (Å²) in [5.74, 6) is 2.09. The van der Waals surface area contributed by atoms with Crippen molar-refractivity contribution in [3.05, 3.63) is 52.2 Å². The van der Waals surface area contributed by atoms with Gasteiger partial charge in [-0.25, -0.2) is 9.97 Å². The molecule has 1 aliphatic heterocycles. The second kappa shape index (κ2) is 8.79. The number of hydrogen-bond donors (Lipinski definition) is 1. The molecule has 1 aromatic carbocycles. The van der Waals surface area contributed by atoms with Gasteiger partial charge in [-0.1, -0.05) is 36.4 Å². The van der Waals surface area contributed by atoms with Crippen molar-refractivity contribution in [1.82, 2.24) is 15.3 Å². The van der Waals surface area contributed by atoms with Crippen molar-refractivity contribution in [2.45, 2.75) is 38.5 Å². The Kier molecular flexibility index (Phi) is 5.72. The Morgan fingerprint density at radius 3 is 2.65 bits per heavy atom. The van der Waals surface area contributed by atoms with Crippen LogP contribution in [0.2, 0.25) is 0 Å². The number of carbonyl (C=O) groups excluding carboxylic acids is 1. The number of nitrogens with zero attached hydrogens (tertiary/aromatic N) is 3. The molecule has 3 heterocycles. The highest BCUT2D eigenvalue weighted by atomic mass is 32.1. The molecule has 5 nitrogen and oxygen atoms in total. The third kappa shape index (κ3) is 4.09. The molecule has 0 saturated carbocycles. The molecule has 6 heteroatoms. The normalized spacial score (nSPS) is 17.3. The molecule has 0 unspecified atom stereocenters. The van der Waals surface area contributed by atoms with Crippen LogP contribution < -0.4 is 10.2 Å². The van der Waals surface area contributed by atoms with Crippen LogP contribution in [0.25, 0.3) is 22.4 Å². The number of carbonyl (C=O) groups is 1. The summed E-state index contributed by atoms with van der Waals surface area (Å²) in [4.78, 5) is 27.0. The van der Waals surface area contributed by atoms with Crippen molar-refractivity contribution in [1.29, 1.82) is 0 Å². The maximum Gasteiger partial charge on any atom is 0.222 e. The molecular formula is C25H28N4OS. The number of aryl methyl sites for hydroxylation is 2. The summed E-state index contributed by atoms with van der Waals surface area (Å²) in [5, 5.41) is 4.07. The molecule has 0 spiro atoms. The zero-order valence-electron chi connectivity index (χ0n) is 17.9. The summed E-state index contributed by atoms with van der Waals surface area (Å²) in [6.07, 6.45) is 10.6. The maximum absolute atomic E-state index is 12.1. The third-order valence-corrected chi connectivity index (χ3v) is 7.63. The van der Waals surface area contributed by atoms with Crippen molar-refractivity contribution in [3.63, 3.8) is 0 Å². The van der Waals surface area contributed by atoms with Gasteiger partial charge in [-0.2, -0.15) is 0 Å². The minimum Gasteiger partial charge on any atom is -0.359 e. The number of rotatable bonds is 4. The lowest BCUT2D eigenvalue weighted by Gasteiger charge is -2.32. The van der Waals surface area contributed by atoms with Crippen LogP contribution in [0.4, 0.5) is 5.82 Å². The van der Waals surface area contributed by atoms with E-state index in [9.17, 15) is 4.79 Å². The molecule has 1 amide bonds. The number of amides is 1. The average Bonchev–Trinajstić information content (AvgIpc) is 3.21. The van der Waals surface area contributed by atoms with E-state index in [0.717, 1.165) is 60.8 Å². The van der Waals surface area contributed by atoms with E-state index in [-0.39, 0.29) is 11.8 Å². The van der Waals surface area contributed by atoms with Gasteiger partial charge in [0.1, 0.15) is 10.6 Å². The number of anilines is 1. The molecule has 0 bridgehead atoms. The molecule has 160 valence electrons. The van der Waals surface area contributed by atoms with E-state index in [4.69, 9.17) is 9.97 Å². The lowest BCUT2D eigenvalue weighted by atomic mass is 9.94. The van der Waals surface area contributed by atoms with Crippen LogP contribution in [0.1, 0.15) is 47.5 Å². The zero-order chi connectivity index (χ0) is 21.2. The molecule has 1 aliphatic carbocycles. The molecular weight excluding hydrogens is 404 g/mol. The summed E-state index contributed by atoms with van der Waals surface area (Å²) in [6, 6.07) is 10.3. The Morgan fingerprint density at radius 1 is 1.10 bits per heavy atom. The summed E-state index contributed by atoms with van der Waals surface area (Å²) >= 11 is 1.85. The second-order valence-electron chi connectivity index (χ2n) is 8.42. The first kappa shape index (κ1) is 20.2. The predicted octanol–water partition coefficient (Wildman–Crippen LogP) is 4.70. The fourth-order valence-corrected chi connectivity index (χ4v) is 6.01. The Labute approximate surface area is 187 Å². The first-order chi connectivity index (χ1) is 15.2. The largest absolute Gasteiger partial charge is 0.359 e. The summed E-state index contributed by atoms with van der Waals surface area (Å²) in [7, 11) is 1.73. The molecule has 31 heavy (non-hydrogen) atoms. The summed E-state index contributed by atoms with van der Waals surface area (Å²) < 4.78 is 0. The molecule has 1 fully saturated rings. The van der Waals surface area contributed by atoms with Gasteiger partial charge in [0.25, 0.3) is 0 Å². The van der Waals surface area contributed by atoms with E-state index < -0.39 is 0 Å². The van der Waals surface area contributed by atoms with Gasteiger partial charge in [0.2, 0.25) is 5.91 Å². The second-order valence-corrected chi connectivity index (χ2v) is 9.50. The Hall–Kier alpha value is -2.73. The van der Waals surface area contributed by atoms with Crippen molar-refractivity contribution in [3.8, 4) is 0 Å². The first-order valence-electron chi connectivity index (χ1n) is 11.2. The molecule has 0 atom stereocenters. The van der Waals surface area contributed by atoms with E-state index in [2.05, 4.69) is 28.4 Å². The number of piperidine rings is 1. The molecule has 2 aromatic heterocycles. The predicted molar refractivity (Wildman–Crippen MR) is 128 cm³/mol. The van der Waals surface area contributed by atoms with Crippen LogP contribution in [0.3, 0.4) is 0 Å². The highest BCUT2D eigenvalue weighted by Gasteiger charge is 2.28. The van der Waals surface area contributed by atoms with E-state index in [1.165, 1.54) is 28.7 Å². The number of fused-ring (bicyclic) bond motifs is 3. The van der Waals surface area contributed by atoms with Crippen LogP contribution >= 0.6 is 11.3 Å². The minimum absolute atomic E-state index is 0.104. The monoisotopic (exact) mass is 432 g/mol. The summed E-state index contributed by atoms with van der Waals surface area (Å²) in [5.41, 5.74) is 2.61.